The van der Waals surface area contributed by atoms with Gasteiger partial charge in [-0.1, -0.05) is 92.0 Å². The molecule has 7 aromatic rings. The van der Waals surface area contributed by atoms with Crippen molar-refractivity contribution in [3.8, 4) is 27.9 Å². The van der Waals surface area contributed by atoms with E-state index in [0.717, 1.165) is 12.8 Å². The van der Waals surface area contributed by atoms with Crippen LogP contribution in [0, 0.1) is 0 Å². The molecule has 5 aromatic carbocycles. The van der Waals surface area contributed by atoms with Gasteiger partial charge in [-0.2, -0.15) is 0 Å². The van der Waals surface area contributed by atoms with Crippen molar-refractivity contribution in [2.24, 2.45) is 0 Å². The number of allylic oxidation sites excluding steroid dienone is 1. The molecule has 2 aromatic heterocycles. The molecule has 2 aliphatic rings. The molecule has 1 aliphatic carbocycles. The van der Waals surface area contributed by atoms with Crippen LogP contribution in [0.2, 0.25) is 13.1 Å². The summed E-state index contributed by atoms with van der Waals surface area (Å²) in [6.45, 7) is 5.00. The van der Waals surface area contributed by atoms with Gasteiger partial charge in [0.1, 0.15) is 8.07 Å². The molecule has 9 rings (SSSR count). The standard InChI is InChI=1S/C38H29NSSi/c1-41(2)34-19-11-8-15-27(34)30-22-24(20-21-35(30)41)29-23-31-26-14-6-9-17-32(26)39(25-12-4-3-5-13-25)37(31)36-28-16-7-10-18-33(28)40-38(29)36/h3-5,7-13,15-23H,6,14H2,1-2H3. The van der Waals surface area contributed by atoms with Crippen molar-refractivity contribution in [3.63, 3.8) is 0 Å². The van der Waals surface area contributed by atoms with E-state index >= 15 is 0 Å². The second kappa shape index (κ2) is 8.42. The number of aromatic nitrogens is 1. The normalized spacial score (nSPS) is 15.0. The van der Waals surface area contributed by atoms with E-state index < -0.39 is 8.07 Å². The molecule has 0 fully saturated rings. The highest BCUT2D eigenvalue weighted by Crippen LogP contribution is 2.48. The summed E-state index contributed by atoms with van der Waals surface area (Å²) in [6.07, 6.45) is 6.86. The lowest BCUT2D eigenvalue weighted by molar-refractivity contribution is 0.968. The minimum absolute atomic E-state index is 1.08. The molecule has 41 heavy (non-hydrogen) atoms. The van der Waals surface area contributed by atoms with Crippen molar-refractivity contribution in [2.75, 3.05) is 0 Å². The Labute approximate surface area is 245 Å². The zero-order valence-electron chi connectivity index (χ0n) is 23.2. The topological polar surface area (TPSA) is 4.93 Å². The van der Waals surface area contributed by atoms with E-state index in [9.17, 15) is 0 Å². The van der Waals surface area contributed by atoms with Gasteiger partial charge in [0.25, 0.3) is 0 Å². The van der Waals surface area contributed by atoms with E-state index in [2.05, 4.69) is 133 Å². The van der Waals surface area contributed by atoms with Crippen molar-refractivity contribution < 1.29 is 0 Å². The number of nitrogens with zero attached hydrogens (tertiary/aromatic N) is 1. The second-order valence-electron chi connectivity index (χ2n) is 12.0. The van der Waals surface area contributed by atoms with Crippen molar-refractivity contribution in [1.82, 2.24) is 4.57 Å². The summed E-state index contributed by atoms with van der Waals surface area (Å²) in [6, 6.07) is 38.9. The van der Waals surface area contributed by atoms with Crippen LogP contribution in [0.1, 0.15) is 17.7 Å². The molecular formula is C38H29NSSi. The molecule has 1 aliphatic heterocycles. The minimum Gasteiger partial charge on any atom is -0.309 e. The summed E-state index contributed by atoms with van der Waals surface area (Å²) in [7, 11) is -1.69. The number of para-hydroxylation sites is 1. The molecule has 0 unspecified atom stereocenters. The smallest absolute Gasteiger partial charge is 0.113 e. The third-order valence-corrected chi connectivity index (χ3v) is 14.2. The fraction of sp³-hybridized carbons (Fsp3) is 0.105. The average Bonchev–Trinajstić information content (AvgIpc) is 3.63. The van der Waals surface area contributed by atoms with Gasteiger partial charge in [-0.05, 0) is 81.9 Å². The first-order valence-electron chi connectivity index (χ1n) is 14.6. The first kappa shape index (κ1) is 23.5. The molecule has 0 atom stereocenters. The van der Waals surface area contributed by atoms with Crippen molar-refractivity contribution in [2.45, 2.75) is 25.9 Å². The fourth-order valence-corrected chi connectivity index (χ4v) is 11.9. The zero-order valence-corrected chi connectivity index (χ0v) is 25.1. The Hall–Kier alpha value is -4.18. The third kappa shape index (κ3) is 3.16. The molecule has 0 spiro atoms. The SMILES string of the molecule is C[Si]1(C)c2ccccc2-c2cc(-c3cc4c5c(n(-c6ccccc6)c4c4c3sc3ccccc34)C=CCC5)ccc21. The van der Waals surface area contributed by atoms with Crippen LogP contribution in [-0.4, -0.2) is 12.6 Å². The zero-order chi connectivity index (χ0) is 27.3. The quantitative estimate of drug-likeness (QED) is 0.186. The maximum absolute atomic E-state index is 2.53. The van der Waals surface area contributed by atoms with E-state index in [4.69, 9.17) is 0 Å². The highest BCUT2D eigenvalue weighted by atomic mass is 32.1. The first-order chi connectivity index (χ1) is 20.1. The molecule has 3 heteroatoms. The van der Waals surface area contributed by atoms with Gasteiger partial charge in [-0.3, -0.25) is 0 Å². The van der Waals surface area contributed by atoms with E-state index in [1.165, 1.54) is 70.3 Å². The van der Waals surface area contributed by atoms with Crippen LogP contribution in [0.15, 0.2) is 109 Å². The number of fused-ring (bicyclic) bond motifs is 10. The van der Waals surface area contributed by atoms with E-state index in [0.29, 0.717) is 0 Å². The predicted molar refractivity (Wildman–Crippen MR) is 181 cm³/mol. The van der Waals surface area contributed by atoms with Gasteiger partial charge < -0.3 is 4.57 Å². The van der Waals surface area contributed by atoms with Crippen LogP contribution in [0.25, 0.3) is 65.1 Å². The van der Waals surface area contributed by atoms with Gasteiger partial charge >= 0.3 is 0 Å². The summed E-state index contributed by atoms with van der Waals surface area (Å²) in [5.41, 5.74) is 11.0. The van der Waals surface area contributed by atoms with Crippen LogP contribution < -0.4 is 10.4 Å². The number of rotatable bonds is 2. The van der Waals surface area contributed by atoms with Crippen LogP contribution >= 0.6 is 11.3 Å². The van der Waals surface area contributed by atoms with E-state index in [-0.39, 0.29) is 0 Å². The summed E-state index contributed by atoms with van der Waals surface area (Å²) < 4.78 is 5.27. The number of hydrogen-bond donors (Lipinski definition) is 0. The Morgan fingerprint density at radius 2 is 1.49 bits per heavy atom. The summed E-state index contributed by atoms with van der Waals surface area (Å²) in [5.74, 6) is 0. The minimum atomic E-state index is -1.69. The van der Waals surface area contributed by atoms with E-state index in [1.54, 1.807) is 10.4 Å². The second-order valence-corrected chi connectivity index (χ2v) is 17.4. The van der Waals surface area contributed by atoms with E-state index in [1.807, 2.05) is 11.3 Å². The Kier molecular flexibility index (Phi) is 4.83. The Morgan fingerprint density at radius 3 is 2.39 bits per heavy atom. The molecule has 0 saturated carbocycles. The summed E-state index contributed by atoms with van der Waals surface area (Å²) in [5, 5.41) is 7.27. The molecular weight excluding hydrogens is 531 g/mol. The molecule has 0 bridgehead atoms. The van der Waals surface area contributed by atoms with Gasteiger partial charge in [-0.15, -0.1) is 11.3 Å². The summed E-state index contributed by atoms with van der Waals surface area (Å²) in [4.78, 5) is 0. The van der Waals surface area contributed by atoms with Crippen molar-refractivity contribution in [3.05, 3.63) is 120 Å². The first-order valence-corrected chi connectivity index (χ1v) is 18.4. The number of thiophene rings is 1. The summed E-state index contributed by atoms with van der Waals surface area (Å²) >= 11 is 1.94. The van der Waals surface area contributed by atoms with Gasteiger partial charge in [0.2, 0.25) is 0 Å². The number of benzene rings is 5. The highest BCUT2D eigenvalue weighted by molar-refractivity contribution is 7.26. The Balaban J connectivity index is 1.42. The Morgan fingerprint density at radius 1 is 0.707 bits per heavy atom. The largest absolute Gasteiger partial charge is 0.309 e. The van der Waals surface area contributed by atoms with Crippen molar-refractivity contribution >= 4 is 66.9 Å². The van der Waals surface area contributed by atoms with Gasteiger partial charge in [-0.25, -0.2) is 0 Å². The van der Waals surface area contributed by atoms with Gasteiger partial charge in [0, 0.05) is 42.5 Å². The molecule has 1 nitrogen and oxygen atoms in total. The lowest BCUT2D eigenvalue weighted by Gasteiger charge is -2.18. The number of hydrogen-bond acceptors (Lipinski definition) is 1. The number of aryl methyl sites for hydroxylation is 1. The molecule has 196 valence electrons. The van der Waals surface area contributed by atoms with Crippen LogP contribution in [0.3, 0.4) is 0 Å². The van der Waals surface area contributed by atoms with Crippen LogP contribution in [0.5, 0.6) is 0 Å². The molecule has 3 heterocycles. The Bertz CT molecular complexity index is 2230. The molecule has 0 saturated heterocycles. The predicted octanol–water partition coefficient (Wildman–Crippen LogP) is 9.43. The maximum atomic E-state index is 2.53. The van der Waals surface area contributed by atoms with Crippen molar-refractivity contribution in [1.29, 1.82) is 0 Å². The third-order valence-electron chi connectivity index (χ3n) is 9.47. The molecule has 0 radical (unpaired) electrons. The van der Waals surface area contributed by atoms with Gasteiger partial charge in [0.05, 0.1) is 5.52 Å². The van der Waals surface area contributed by atoms with Crippen LogP contribution in [-0.2, 0) is 6.42 Å². The highest BCUT2D eigenvalue weighted by Gasteiger charge is 2.37. The average molecular weight is 560 g/mol. The lowest BCUT2D eigenvalue weighted by atomic mass is 9.94. The maximum Gasteiger partial charge on any atom is 0.113 e. The lowest BCUT2D eigenvalue weighted by Crippen LogP contribution is -2.49. The monoisotopic (exact) mass is 559 g/mol. The fourth-order valence-electron chi connectivity index (χ4n) is 7.55. The van der Waals surface area contributed by atoms with Crippen LogP contribution in [0.4, 0.5) is 0 Å². The molecule has 0 amide bonds. The molecule has 0 N–H and O–H groups in total. The van der Waals surface area contributed by atoms with Gasteiger partial charge in [0.15, 0.2) is 0 Å².